The first kappa shape index (κ1) is 13.9. The Morgan fingerprint density at radius 2 is 1.82 bits per heavy atom. The van der Waals surface area contributed by atoms with Crippen LogP contribution < -0.4 is 0 Å². The molecule has 0 saturated heterocycles. The monoisotopic (exact) mass is 254 g/mol. The molecule has 0 spiro atoms. The molecule has 2 atom stereocenters. The number of carboxylic acid groups (broad SMARTS) is 1. The maximum Gasteiger partial charge on any atom is 0.311 e. The van der Waals surface area contributed by atoms with Gasteiger partial charge in [-0.2, -0.15) is 0 Å². The summed E-state index contributed by atoms with van der Waals surface area (Å²) in [7, 11) is -1.17. The molecule has 0 radical (unpaired) electrons. The molecule has 94 valence electrons. The van der Waals surface area contributed by atoms with Gasteiger partial charge in [0.2, 0.25) is 0 Å². The molecule has 17 heavy (non-hydrogen) atoms. The van der Waals surface area contributed by atoms with Gasteiger partial charge in [-0.25, -0.2) is 0 Å². The quantitative estimate of drug-likeness (QED) is 0.897. The number of rotatable bonds is 4. The third-order valence-corrected chi connectivity index (χ3v) is 4.50. The van der Waals surface area contributed by atoms with Crippen LogP contribution in [0, 0.1) is 0 Å². The first-order chi connectivity index (χ1) is 7.82. The molecule has 0 aromatic heterocycles. The molecule has 0 aliphatic heterocycles. The highest BCUT2D eigenvalue weighted by Gasteiger charge is 2.28. The summed E-state index contributed by atoms with van der Waals surface area (Å²) in [5.41, 5.74) is 0.706. The SMILES string of the molecule is CC(C)(C)S(=O)CC(C(=O)O)c1ccccc1. The van der Waals surface area contributed by atoms with Gasteiger partial charge in [0.1, 0.15) is 0 Å². The van der Waals surface area contributed by atoms with Gasteiger partial charge in [0.15, 0.2) is 0 Å². The van der Waals surface area contributed by atoms with Crippen LogP contribution in [0.4, 0.5) is 0 Å². The summed E-state index contributed by atoms with van der Waals surface area (Å²) in [5, 5.41) is 9.21. The standard InChI is InChI=1S/C13H18O3S/c1-13(2,3)17(16)9-11(12(14)15)10-7-5-4-6-8-10/h4-8,11H,9H2,1-3H3,(H,14,15). The van der Waals surface area contributed by atoms with Crippen LogP contribution in [0.5, 0.6) is 0 Å². The average molecular weight is 254 g/mol. The van der Waals surface area contributed by atoms with E-state index in [2.05, 4.69) is 0 Å². The summed E-state index contributed by atoms with van der Waals surface area (Å²) in [5.74, 6) is -1.46. The Morgan fingerprint density at radius 1 is 1.29 bits per heavy atom. The average Bonchev–Trinajstić information content (AvgIpc) is 2.25. The van der Waals surface area contributed by atoms with Crippen molar-refractivity contribution in [2.75, 3.05) is 5.75 Å². The van der Waals surface area contributed by atoms with Crippen molar-refractivity contribution in [3.63, 3.8) is 0 Å². The summed E-state index contributed by atoms with van der Waals surface area (Å²) in [6.45, 7) is 5.56. The second-order valence-corrected chi connectivity index (χ2v) is 7.18. The highest BCUT2D eigenvalue weighted by atomic mass is 32.2. The molecule has 0 saturated carbocycles. The van der Waals surface area contributed by atoms with Gasteiger partial charge in [0, 0.05) is 21.3 Å². The van der Waals surface area contributed by atoms with Gasteiger partial charge < -0.3 is 5.11 Å². The second-order valence-electron chi connectivity index (χ2n) is 4.93. The zero-order valence-electron chi connectivity index (χ0n) is 10.3. The normalized spacial score (nSPS) is 15.2. The lowest BCUT2D eigenvalue weighted by atomic mass is 10.0. The Morgan fingerprint density at radius 3 is 2.24 bits per heavy atom. The van der Waals surface area contributed by atoms with Gasteiger partial charge in [-0.05, 0) is 26.3 Å². The van der Waals surface area contributed by atoms with Crippen molar-refractivity contribution in [1.29, 1.82) is 0 Å². The molecule has 0 bridgehead atoms. The molecular formula is C13H18O3S. The van der Waals surface area contributed by atoms with Crippen molar-refractivity contribution < 1.29 is 14.1 Å². The van der Waals surface area contributed by atoms with Gasteiger partial charge in [0.25, 0.3) is 0 Å². The number of hydrogen-bond donors (Lipinski definition) is 1. The van der Waals surface area contributed by atoms with Gasteiger partial charge in [0.05, 0.1) is 5.92 Å². The van der Waals surface area contributed by atoms with E-state index in [1.165, 1.54) is 0 Å². The third kappa shape index (κ3) is 3.97. The molecule has 3 nitrogen and oxygen atoms in total. The number of hydrogen-bond acceptors (Lipinski definition) is 2. The second kappa shape index (κ2) is 5.45. The number of carbonyl (C=O) groups is 1. The van der Waals surface area contributed by atoms with E-state index >= 15 is 0 Å². The minimum Gasteiger partial charge on any atom is -0.481 e. The number of aliphatic carboxylic acids is 1. The lowest BCUT2D eigenvalue weighted by Gasteiger charge is -2.21. The van der Waals surface area contributed by atoms with Crippen LogP contribution in [-0.2, 0) is 15.6 Å². The lowest BCUT2D eigenvalue weighted by molar-refractivity contribution is -0.138. The molecule has 0 aliphatic rings. The molecule has 1 aromatic carbocycles. The van der Waals surface area contributed by atoms with Crippen LogP contribution in [0.2, 0.25) is 0 Å². The van der Waals surface area contributed by atoms with Crippen LogP contribution in [-0.4, -0.2) is 25.8 Å². The minimum atomic E-state index is -1.17. The van der Waals surface area contributed by atoms with E-state index in [0.717, 1.165) is 0 Å². The number of benzene rings is 1. The fourth-order valence-corrected chi connectivity index (χ4v) is 2.53. The van der Waals surface area contributed by atoms with E-state index in [-0.39, 0.29) is 10.5 Å². The zero-order valence-corrected chi connectivity index (χ0v) is 11.2. The highest BCUT2D eigenvalue weighted by molar-refractivity contribution is 7.86. The van der Waals surface area contributed by atoms with Crippen molar-refractivity contribution >= 4 is 16.8 Å². The molecule has 0 aliphatic carbocycles. The van der Waals surface area contributed by atoms with Crippen LogP contribution in [0.25, 0.3) is 0 Å². The molecule has 2 unspecified atom stereocenters. The van der Waals surface area contributed by atoms with E-state index in [0.29, 0.717) is 5.56 Å². The highest BCUT2D eigenvalue weighted by Crippen LogP contribution is 2.21. The van der Waals surface area contributed by atoms with Crippen molar-refractivity contribution in [3.05, 3.63) is 35.9 Å². The zero-order chi connectivity index (χ0) is 13.1. The Balaban J connectivity index is 2.90. The summed E-state index contributed by atoms with van der Waals surface area (Å²) in [6, 6.07) is 8.96. The summed E-state index contributed by atoms with van der Waals surface area (Å²) in [6.07, 6.45) is 0. The van der Waals surface area contributed by atoms with E-state index in [9.17, 15) is 14.1 Å². The molecule has 0 fully saturated rings. The molecule has 4 heteroatoms. The molecule has 1 aromatic rings. The van der Waals surface area contributed by atoms with Gasteiger partial charge >= 0.3 is 5.97 Å². The van der Waals surface area contributed by atoms with Gasteiger partial charge in [-0.1, -0.05) is 30.3 Å². The Hall–Kier alpha value is -1.16. The molecule has 1 rings (SSSR count). The maximum absolute atomic E-state index is 12.0. The van der Waals surface area contributed by atoms with Crippen LogP contribution >= 0.6 is 0 Å². The fourth-order valence-electron chi connectivity index (χ4n) is 1.40. The smallest absolute Gasteiger partial charge is 0.311 e. The molecular weight excluding hydrogens is 236 g/mol. The van der Waals surface area contributed by atoms with Crippen molar-refractivity contribution in [3.8, 4) is 0 Å². The summed E-state index contributed by atoms with van der Waals surface area (Å²) >= 11 is 0. The van der Waals surface area contributed by atoms with Crippen molar-refractivity contribution in [2.24, 2.45) is 0 Å². The molecule has 1 N–H and O–H groups in total. The Labute approximate surface area is 104 Å². The van der Waals surface area contributed by atoms with E-state index in [1.54, 1.807) is 24.3 Å². The Bertz CT molecular complexity index is 406. The van der Waals surface area contributed by atoms with E-state index < -0.39 is 22.7 Å². The topological polar surface area (TPSA) is 54.4 Å². The minimum absolute atomic E-state index is 0.156. The summed E-state index contributed by atoms with van der Waals surface area (Å²) < 4.78 is 11.6. The van der Waals surface area contributed by atoms with E-state index in [4.69, 9.17) is 0 Å². The largest absolute Gasteiger partial charge is 0.481 e. The third-order valence-electron chi connectivity index (χ3n) is 2.50. The Kier molecular flexibility index (Phi) is 4.46. The van der Waals surface area contributed by atoms with Crippen LogP contribution in [0.15, 0.2) is 30.3 Å². The fraction of sp³-hybridized carbons (Fsp3) is 0.462. The number of carboxylic acids is 1. The summed E-state index contributed by atoms with van der Waals surface area (Å²) in [4.78, 5) is 11.2. The first-order valence-electron chi connectivity index (χ1n) is 5.48. The predicted octanol–water partition coefficient (Wildman–Crippen LogP) is 2.40. The molecule has 0 heterocycles. The predicted molar refractivity (Wildman–Crippen MR) is 69.6 cm³/mol. The maximum atomic E-state index is 12.0. The molecule has 0 amide bonds. The van der Waals surface area contributed by atoms with Crippen LogP contribution in [0.3, 0.4) is 0 Å². The van der Waals surface area contributed by atoms with E-state index in [1.807, 2.05) is 26.8 Å². The van der Waals surface area contributed by atoms with Crippen molar-refractivity contribution in [2.45, 2.75) is 31.4 Å². The lowest BCUT2D eigenvalue weighted by Crippen LogP contribution is -2.29. The van der Waals surface area contributed by atoms with Crippen LogP contribution in [0.1, 0.15) is 32.3 Å². The van der Waals surface area contributed by atoms with Gasteiger partial charge in [-0.3, -0.25) is 9.00 Å². The first-order valence-corrected chi connectivity index (χ1v) is 6.80. The van der Waals surface area contributed by atoms with Gasteiger partial charge in [-0.15, -0.1) is 0 Å². The van der Waals surface area contributed by atoms with Crippen molar-refractivity contribution in [1.82, 2.24) is 0 Å².